The Morgan fingerprint density at radius 2 is 2.08 bits per heavy atom. The van der Waals surface area contributed by atoms with Crippen LogP contribution in [0, 0.1) is 12.8 Å². The topological polar surface area (TPSA) is 91.7 Å². The van der Waals surface area contributed by atoms with Crippen molar-refractivity contribution in [3.63, 3.8) is 0 Å². The molecule has 1 fully saturated rings. The molecule has 2 N–H and O–H groups in total. The van der Waals surface area contributed by atoms with Crippen LogP contribution in [0.3, 0.4) is 0 Å². The average molecular weight is 406 g/mol. The molecule has 3 rings (SSSR count). The van der Waals surface area contributed by atoms with Crippen LogP contribution in [-0.4, -0.2) is 24.3 Å². The van der Waals surface area contributed by atoms with Crippen molar-refractivity contribution in [2.24, 2.45) is 5.92 Å². The molecule has 1 aliphatic heterocycles. The molecule has 0 unspecified atom stereocenters. The summed E-state index contributed by atoms with van der Waals surface area (Å²) in [7, 11) is 0. The van der Waals surface area contributed by atoms with E-state index in [1.807, 2.05) is 25.1 Å². The predicted molar refractivity (Wildman–Crippen MR) is 93.7 cm³/mol. The fourth-order valence-electron chi connectivity index (χ4n) is 2.62. The lowest BCUT2D eigenvalue weighted by Gasteiger charge is -2.17. The second kappa shape index (κ2) is 7.10. The summed E-state index contributed by atoms with van der Waals surface area (Å²) in [4.78, 5) is 37.8. The second-order valence-corrected chi connectivity index (χ2v) is 6.61. The summed E-state index contributed by atoms with van der Waals surface area (Å²) in [6.45, 7) is 2.20. The highest BCUT2D eigenvalue weighted by Gasteiger charge is 2.35. The van der Waals surface area contributed by atoms with Gasteiger partial charge in [-0.05, 0) is 42.8 Å². The zero-order valence-electron chi connectivity index (χ0n) is 13.4. The third kappa shape index (κ3) is 3.74. The molecule has 1 aromatic carbocycles. The number of benzene rings is 1. The van der Waals surface area contributed by atoms with E-state index in [2.05, 4.69) is 26.8 Å². The quantitative estimate of drug-likeness (QED) is 0.765. The van der Waals surface area contributed by atoms with Crippen LogP contribution in [0.2, 0.25) is 0 Å². The highest BCUT2D eigenvalue weighted by molar-refractivity contribution is 9.10. The molecule has 1 atom stereocenters. The highest BCUT2D eigenvalue weighted by atomic mass is 79.9. The molecule has 2 aromatic rings. The van der Waals surface area contributed by atoms with Gasteiger partial charge in [-0.15, -0.1) is 0 Å². The normalized spacial score (nSPS) is 16.8. The Kier molecular flexibility index (Phi) is 4.89. The minimum atomic E-state index is -0.553. The van der Waals surface area contributed by atoms with Gasteiger partial charge in [0.15, 0.2) is 5.76 Å². The molecule has 2 heterocycles. The zero-order valence-corrected chi connectivity index (χ0v) is 15.0. The molecule has 1 aliphatic rings. The van der Waals surface area contributed by atoms with E-state index in [9.17, 15) is 14.4 Å². The van der Waals surface area contributed by atoms with Crippen LogP contribution in [0.15, 0.2) is 45.5 Å². The van der Waals surface area contributed by atoms with Gasteiger partial charge in [0.05, 0.1) is 12.2 Å². The van der Waals surface area contributed by atoms with Gasteiger partial charge in [0.25, 0.3) is 0 Å². The SMILES string of the molecule is Cc1cc(N2C[C@H](C(=O)NNC(=O)c3ccco3)CC2=O)ccc1Br. The average Bonchev–Trinajstić information content (AvgIpc) is 3.24. The predicted octanol–water partition coefficient (Wildman–Crippen LogP) is 2.16. The van der Waals surface area contributed by atoms with E-state index in [0.29, 0.717) is 0 Å². The molecule has 0 bridgehead atoms. The number of anilines is 1. The number of rotatable bonds is 3. The van der Waals surface area contributed by atoms with Crippen LogP contribution in [0.4, 0.5) is 5.69 Å². The maximum absolute atomic E-state index is 12.2. The van der Waals surface area contributed by atoms with Gasteiger partial charge in [0.2, 0.25) is 11.8 Å². The largest absolute Gasteiger partial charge is 0.459 e. The van der Waals surface area contributed by atoms with Crippen LogP contribution in [-0.2, 0) is 9.59 Å². The summed E-state index contributed by atoms with van der Waals surface area (Å²) in [5.74, 6) is -1.53. The smallest absolute Gasteiger partial charge is 0.305 e. The molecule has 25 heavy (non-hydrogen) atoms. The lowest BCUT2D eigenvalue weighted by Crippen LogP contribution is -2.45. The van der Waals surface area contributed by atoms with Gasteiger partial charge >= 0.3 is 5.91 Å². The summed E-state index contributed by atoms with van der Waals surface area (Å²) >= 11 is 3.42. The number of hydrazine groups is 1. The summed E-state index contributed by atoms with van der Waals surface area (Å²) in [6.07, 6.45) is 1.46. The minimum absolute atomic E-state index is 0.0924. The molecule has 0 aliphatic carbocycles. The van der Waals surface area contributed by atoms with Crippen molar-refractivity contribution in [3.8, 4) is 0 Å². The van der Waals surface area contributed by atoms with Gasteiger partial charge in [-0.2, -0.15) is 0 Å². The number of carbonyl (C=O) groups is 3. The van der Waals surface area contributed by atoms with Crippen LogP contribution in [0.25, 0.3) is 0 Å². The highest BCUT2D eigenvalue weighted by Crippen LogP contribution is 2.28. The number of amides is 3. The molecule has 130 valence electrons. The van der Waals surface area contributed by atoms with Crippen molar-refractivity contribution < 1.29 is 18.8 Å². The maximum Gasteiger partial charge on any atom is 0.305 e. The first kappa shape index (κ1) is 17.2. The van der Waals surface area contributed by atoms with E-state index < -0.39 is 17.7 Å². The van der Waals surface area contributed by atoms with Crippen molar-refractivity contribution in [2.75, 3.05) is 11.4 Å². The van der Waals surface area contributed by atoms with Gasteiger partial charge in [-0.25, -0.2) is 0 Å². The van der Waals surface area contributed by atoms with Gasteiger partial charge in [0.1, 0.15) is 0 Å². The number of nitrogens with one attached hydrogen (secondary N) is 2. The Hall–Kier alpha value is -2.61. The number of hydrogen-bond acceptors (Lipinski definition) is 4. The summed E-state index contributed by atoms with van der Waals surface area (Å²) in [5, 5.41) is 0. The molecular weight excluding hydrogens is 390 g/mol. The number of halogens is 1. The number of carbonyl (C=O) groups excluding carboxylic acids is 3. The standard InChI is InChI=1S/C17H16BrN3O4/c1-10-7-12(4-5-13(10)18)21-9-11(8-15(21)22)16(23)19-20-17(24)14-3-2-6-25-14/h2-7,11H,8-9H2,1H3,(H,19,23)(H,20,24)/t11-/m1/s1. The van der Waals surface area contributed by atoms with Gasteiger partial charge in [0, 0.05) is 23.1 Å². The summed E-state index contributed by atoms with van der Waals surface area (Å²) in [5.41, 5.74) is 6.37. The van der Waals surface area contributed by atoms with Crippen LogP contribution < -0.4 is 15.8 Å². The van der Waals surface area contributed by atoms with Crippen molar-refractivity contribution in [1.82, 2.24) is 10.9 Å². The van der Waals surface area contributed by atoms with Crippen LogP contribution in [0.1, 0.15) is 22.5 Å². The Morgan fingerprint density at radius 3 is 2.76 bits per heavy atom. The minimum Gasteiger partial charge on any atom is -0.459 e. The Balaban J connectivity index is 1.60. The maximum atomic E-state index is 12.2. The molecule has 1 saturated heterocycles. The third-order valence-electron chi connectivity index (χ3n) is 3.99. The number of nitrogens with zero attached hydrogens (tertiary/aromatic N) is 1. The number of furan rings is 1. The first-order chi connectivity index (χ1) is 12.0. The van der Waals surface area contributed by atoms with Crippen molar-refractivity contribution >= 4 is 39.3 Å². The molecule has 8 heteroatoms. The van der Waals surface area contributed by atoms with Crippen molar-refractivity contribution in [2.45, 2.75) is 13.3 Å². The van der Waals surface area contributed by atoms with E-state index in [1.165, 1.54) is 12.3 Å². The monoisotopic (exact) mass is 405 g/mol. The van der Waals surface area contributed by atoms with Gasteiger partial charge in [-0.3, -0.25) is 25.2 Å². The molecule has 0 spiro atoms. The third-order valence-corrected chi connectivity index (χ3v) is 4.88. The second-order valence-electron chi connectivity index (χ2n) is 5.76. The fraction of sp³-hybridized carbons (Fsp3) is 0.235. The van der Waals surface area contributed by atoms with Crippen LogP contribution >= 0.6 is 15.9 Å². The number of aryl methyl sites for hydroxylation is 1. The first-order valence-electron chi connectivity index (χ1n) is 7.66. The van der Waals surface area contributed by atoms with Gasteiger partial charge in [-0.1, -0.05) is 15.9 Å². The molecule has 0 saturated carbocycles. The van der Waals surface area contributed by atoms with E-state index in [1.54, 1.807) is 11.0 Å². The van der Waals surface area contributed by atoms with E-state index in [0.717, 1.165) is 15.7 Å². The van der Waals surface area contributed by atoms with Crippen molar-refractivity contribution in [1.29, 1.82) is 0 Å². The Bertz CT molecular complexity index is 819. The van der Waals surface area contributed by atoms with E-state index >= 15 is 0 Å². The zero-order chi connectivity index (χ0) is 18.0. The Morgan fingerprint density at radius 1 is 1.28 bits per heavy atom. The van der Waals surface area contributed by atoms with E-state index in [4.69, 9.17) is 4.42 Å². The molecule has 3 amide bonds. The fourth-order valence-corrected chi connectivity index (χ4v) is 2.87. The Labute approximate surface area is 152 Å². The van der Waals surface area contributed by atoms with Gasteiger partial charge < -0.3 is 9.32 Å². The van der Waals surface area contributed by atoms with E-state index in [-0.39, 0.29) is 24.6 Å². The first-order valence-corrected chi connectivity index (χ1v) is 8.45. The van der Waals surface area contributed by atoms with Crippen molar-refractivity contribution in [3.05, 3.63) is 52.4 Å². The lowest BCUT2D eigenvalue weighted by atomic mass is 10.1. The molecule has 7 nitrogen and oxygen atoms in total. The lowest BCUT2D eigenvalue weighted by molar-refractivity contribution is -0.126. The molecule has 0 radical (unpaired) electrons. The number of hydrogen-bond donors (Lipinski definition) is 2. The molecule has 1 aromatic heterocycles. The molecular formula is C17H16BrN3O4. The van der Waals surface area contributed by atoms with Crippen LogP contribution in [0.5, 0.6) is 0 Å². The summed E-state index contributed by atoms with van der Waals surface area (Å²) < 4.78 is 5.89. The summed E-state index contributed by atoms with van der Waals surface area (Å²) in [6, 6.07) is 8.65.